The Bertz CT molecular complexity index is 170. The molecular formula is C7H8ClF. The average Bonchev–Trinajstić information content (AvgIpc) is 1.80. The number of hydrogen-bond acceptors (Lipinski definition) is 0. The van der Waals surface area contributed by atoms with E-state index in [1.165, 1.54) is 0 Å². The predicted molar refractivity (Wildman–Crippen MR) is 37.2 cm³/mol. The van der Waals surface area contributed by atoms with E-state index in [1.807, 2.05) is 13.0 Å². The van der Waals surface area contributed by atoms with Gasteiger partial charge in [-0.25, -0.2) is 4.39 Å². The maximum Gasteiger partial charge on any atom is 0.139 e. The lowest BCUT2D eigenvalue weighted by molar-refractivity contribution is 0.394. The van der Waals surface area contributed by atoms with E-state index in [4.69, 9.17) is 11.6 Å². The standard InChI is InChI=1S/C7H8ClF/c1-5-2-3-7(9)6(8)4-5/h2,4,7H,3H2,1H3. The van der Waals surface area contributed by atoms with Gasteiger partial charge in [0.1, 0.15) is 6.17 Å². The molecule has 0 amide bonds. The van der Waals surface area contributed by atoms with Crippen molar-refractivity contribution in [3.05, 3.63) is 22.8 Å². The van der Waals surface area contributed by atoms with Gasteiger partial charge in [-0.3, -0.25) is 0 Å². The highest BCUT2D eigenvalue weighted by atomic mass is 35.5. The van der Waals surface area contributed by atoms with Crippen molar-refractivity contribution in [2.45, 2.75) is 19.5 Å². The van der Waals surface area contributed by atoms with Crippen LogP contribution in [0.1, 0.15) is 13.3 Å². The highest BCUT2D eigenvalue weighted by Gasteiger charge is 2.12. The molecule has 2 heteroatoms. The van der Waals surface area contributed by atoms with Crippen molar-refractivity contribution in [1.82, 2.24) is 0 Å². The summed E-state index contributed by atoms with van der Waals surface area (Å²) < 4.78 is 12.5. The molecule has 0 saturated carbocycles. The summed E-state index contributed by atoms with van der Waals surface area (Å²) in [5, 5.41) is 0.329. The van der Waals surface area contributed by atoms with Gasteiger partial charge >= 0.3 is 0 Å². The lowest BCUT2D eigenvalue weighted by atomic mass is 10.1. The van der Waals surface area contributed by atoms with Crippen LogP contribution in [0.3, 0.4) is 0 Å². The van der Waals surface area contributed by atoms with Gasteiger partial charge in [0.2, 0.25) is 0 Å². The van der Waals surface area contributed by atoms with Crippen LogP contribution in [0.25, 0.3) is 0 Å². The van der Waals surface area contributed by atoms with Crippen LogP contribution in [-0.4, -0.2) is 6.17 Å². The topological polar surface area (TPSA) is 0 Å². The molecule has 0 aromatic rings. The minimum atomic E-state index is -0.963. The van der Waals surface area contributed by atoms with E-state index in [0.29, 0.717) is 11.5 Å². The van der Waals surface area contributed by atoms with E-state index in [9.17, 15) is 4.39 Å². The first-order valence-corrected chi connectivity index (χ1v) is 3.26. The Hall–Kier alpha value is -0.300. The van der Waals surface area contributed by atoms with E-state index in [-0.39, 0.29) is 0 Å². The molecular weight excluding hydrogens is 139 g/mol. The number of rotatable bonds is 0. The fourth-order valence-electron chi connectivity index (χ4n) is 0.769. The summed E-state index contributed by atoms with van der Waals surface area (Å²) in [7, 11) is 0. The number of allylic oxidation sites excluding steroid dienone is 4. The van der Waals surface area contributed by atoms with E-state index in [0.717, 1.165) is 5.57 Å². The van der Waals surface area contributed by atoms with Crippen LogP contribution >= 0.6 is 11.6 Å². The van der Waals surface area contributed by atoms with Crippen LogP contribution in [0.4, 0.5) is 4.39 Å². The molecule has 50 valence electrons. The second-order valence-electron chi connectivity index (χ2n) is 2.18. The zero-order valence-electron chi connectivity index (χ0n) is 5.20. The molecule has 0 aromatic carbocycles. The summed E-state index contributed by atoms with van der Waals surface area (Å²) >= 11 is 5.51. The van der Waals surface area contributed by atoms with Crippen molar-refractivity contribution in [2.24, 2.45) is 0 Å². The Morgan fingerprint density at radius 1 is 1.78 bits per heavy atom. The predicted octanol–water partition coefficient (Wildman–Crippen LogP) is 2.80. The molecule has 0 nitrogen and oxygen atoms in total. The van der Waals surface area contributed by atoms with Crippen molar-refractivity contribution in [1.29, 1.82) is 0 Å². The third-order valence-electron chi connectivity index (χ3n) is 1.31. The maximum atomic E-state index is 12.5. The van der Waals surface area contributed by atoms with Gasteiger partial charge in [-0.1, -0.05) is 23.3 Å². The van der Waals surface area contributed by atoms with Crippen molar-refractivity contribution in [2.75, 3.05) is 0 Å². The van der Waals surface area contributed by atoms with Gasteiger partial charge in [0.25, 0.3) is 0 Å². The Morgan fingerprint density at radius 2 is 2.44 bits per heavy atom. The van der Waals surface area contributed by atoms with E-state index < -0.39 is 6.17 Å². The quantitative estimate of drug-likeness (QED) is 0.493. The molecule has 1 atom stereocenters. The summed E-state index contributed by atoms with van der Waals surface area (Å²) in [5.41, 5.74) is 1.05. The lowest BCUT2D eigenvalue weighted by Crippen LogP contribution is -2.02. The molecule has 0 aromatic heterocycles. The smallest absolute Gasteiger partial charge is 0.139 e. The molecule has 0 heterocycles. The molecule has 1 unspecified atom stereocenters. The van der Waals surface area contributed by atoms with E-state index in [1.54, 1.807) is 6.08 Å². The minimum Gasteiger partial charge on any atom is -0.241 e. The number of hydrogen-bond donors (Lipinski definition) is 0. The average molecular weight is 147 g/mol. The molecule has 0 radical (unpaired) electrons. The van der Waals surface area contributed by atoms with Gasteiger partial charge in [-0.2, -0.15) is 0 Å². The molecule has 1 aliphatic rings. The van der Waals surface area contributed by atoms with Gasteiger partial charge in [0.15, 0.2) is 0 Å². The molecule has 0 N–H and O–H groups in total. The first kappa shape index (κ1) is 6.81. The fraction of sp³-hybridized carbons (Fsp3) is 0.429. The van der Waals surface area contributed by atoms with E-state index >= 15 is 0 Å². The monoisotopic (exact) mass is 146 g/mol. The Labute approximate surface area is 59.0 Å². The van der Waals surface area contributed by atoms with Crippen LogP contribution in [0.15, 0.2) is 22.8 Å². The summed E-state index contributed by atoms with van der Waals surface area (Å²) in [4.78, 5) is 0. The Kier molecular flexibility index (Phi) is 1.91. The van der Waals surface area contributed by atoms with Crippen molar-refractivity contribution >= 4 is 11.6 Å². The number of alkyl halides is 1. The minimum absolute atomic E-state index is 0.329. The fourth-order valence-corrected chi connectivity index (χ4v) is 1.03. The molecule has 0 aliphatic heterocycles. The maximum absolute atomic E-state index is 12.5. The molecule has 1 aliphatic carbocycles. The zero-order valence-corrected chi connectivity index (χ0v) is 5.95. The number of halogens is 2. The molecule has 0 fully saturated rings. The summed E-state index contributed by atoms with van der Waals surface area (Å²) in [6.45, 7) is 1.91. The van der Waals surface area contributed by atoms with Gasteiger partial charge < -0.3 is 0 Å². The van der Waals surface area contributed by atoms with Crippen LogP contribution < -0.4 is 0 Å². The highest BCUT2D eigenvalue weighted by molar-refractivity contribution is 6.30. The van der Waals surface area contributed by atoms with Gasteiger partial charge in [0.05, 0.1) is 5.03 Å². The molecule has 9 heavy (non-hydrogen) atoms. The normalized spacial score (nSPS) is 27.2. The first-order valence-electron chi connectivity index (χ1n) is 2.88. The SMILES string of the molecule is CC1=CCC(F)C(Cl)=C1. The summed E-state index contributed by atoms with van der Waals surface area (Å²) in [6, 6.07) is 0. The third-order valence-corrected chi connectivity index (χ3v) is 1.66. The van der Waals surface area contributed by atoms with Crippen LogP contribution in [-0.2, 0) is 0 Å². The largest absolute Gasteiger partial charge is 0.241 e. The van der Waals surface area contributed by atoms with Crippen LogP contribution in [0.5, 0.6) is 0 Å². The van der Waals surface area contributed by atoms with Gasteiger partial charge in [-0.15, -0.1) is 0 Å². The van der Waals surface area contributed by atoms with Crippen LogP contribution in [0.2, 0.25) is 0 Å². The van der Waals surface area contributed by atoms with Crippen molar-refractivity contribution in [3.63, 3.8) is 0 Å². The Balaban J connectivity index is 2.74. The lowest BCUT2D eigenvalue weighted by Gasteiger charge is -2.09. The Morgan fingerprint density at radius 3 is 2.89 bits per heavy atom. The van der Waals surface area contributed by atoms with Crippen molar-refractivity contribution in [3.8, 4) is 0 Å². The summed E-state index contributed by atoms with van der Waals surface area (Å²) in [6.07, 6.45) is 2.98. The zero-order chi connectivity index (χ0) is 6.85. The second-order valence-corrected chi connectivity index (χ2v) is 2.62. The molecule has 1 rings (SSSR count). The van der Waals surface area contributed by atoms with Gasteiger partial charge in [0, 0.05) is 6.42 Å². The molecule has 0 saturated heterocycles. The molecule has 0 bridgehead atoms. The van der Waals surface area contributed by atoms with Crippen LogP contribution in [0, 0.1) is 0 Å². The third kappa shape index (κ3) is 1.55. The van der Waals surface area contributed by atoms with E-state index in [2.05, 4.69) is 0 Å². The molecule has 0 spiro atoms. The van der Waals surface area contributed by atoms with Gasteiger partial charge in [-0.05, 0) is 13.0 Å². The second kappa shape index (κ2) is 2.53. The summed E-state index contributed by atoms with van der Waals surface area (Å²) in [5.74, 6) is 0. The first-order chi connectivity index (χ1) is 4.20. The van der Waals surface area contributed by atoms with Crippen molar-refractivity contribution < 1.29 is 4.39 Å². The highest BCUT2D eigenvalue weighted by Crippen LogP contribution is 2.22.